The first-order valence-electron chi connectivity index (χ1n) is 6.12. The number of nitrogens with one attached hydrogen (secondary N) is 1. The third-order valence-corrected chi connectivity index (χ3v) is 4.36. The lowest BCUT2D eigenvalue weighted by molar-refractivity contribution is 0.413. The van der Waals surface area contributed by atoms with Crippen LogP contribution in [0.25, 0.3) is 0 Å². The lowest BCUT2D eigenvalue weighted by Gasteiger charge is -2.13. The number of ether oxygens (including phenoxy) is 1. The molecule has 0 aliphatic rings. The molecule has 0 saturated heterocycles. The summed E-state index contributed by atoms with van der Waals surface area (Å²) in [5.41, 5.74) is 6.20. The van der Waals surface area contributed by atoms with Gasteiger partial charge in [-0.1, -0.05) is 18.2 Å². The third-order valence-electron chi connectivity index (χ3n) is 2.89. The van der Waals surface area contributed by atoms with E-state index in [-0.39, 0.29) is 22.9 Å². The fraction of sp³-hybridized carbons (Fsp3) is 0.143. The van der Waals surface area contributed by atoms with Crippen molar-refractivity contribution in [2.24, 2.45) is 5.73 Å². The molecule has 3 N–H and O–H groups in total. The maximum Gasteiger partial charge on any atom is 0.262 e. The van der Waals surface area contributed by atoms with E-state index in [4.69, 9.17) is 10.5 Å². The number of benzene rings is 2. The van der Waals surface area contributed by atoms with Crippen LogP contribution in [0.15, 0.2) is 47.4 Å². The zero-order valence-electron chi connectivity index (χ0n) is 11.3. The highest BCUT2D eigenvalue weighted by molar-refractivity contribution is 7.92. The lowest BCUT2D eigenvalue weighted by Crippen LogP contribution is -2.16. The van der Waals surface area contributed by atoms with Gasteiger partial charge >= 0.3 is 0 Å². The van der Waals surface area contributed by atoms with Crippen molar-refractivity contribution in [3.63, 3.8) is 0 Å². The summed E-state index contributed by atoms with van der Waals surface area (Å²) in [6, 6.07) is 9.96. The molecular weight excluding hydrogens is 295 g/mol. The Morgan fingerprint density at radius 2 is 1.95 bits per heavy atom. The highest BCUT2D eigenvalue weighted by atomic mass is 32.2. The number of hydrogen-bond donors (Lipinski definition) is 2. The van der Waals surface area contributed by atoms with Crippen LogP contribution in [-0.2, 0) is 16.6 Å². The first-order valence-corrected chi connectivity index (χ1v) is 7.60. The van der Waals surface area contributed by atoms with E-state index in [1.807, 2.05) is 0 Å². The molecule has 5 nitrogen and oxygen atoms in total. The smallest absolute Gasteiger partial charge is 0.262 e. The van der Waals surface area contributed by atoms with Gasteiger partial charge in [0.15, 0.2) is 0 Å². The van der Waals surface area contributed by atoms with Crippen LogP contribution < -0.4 is 15.2 Å². The second kappa shape index (κ2) is 6.11. The van der Waals surface area contributed by atoms with E-state index >= 15 is 0 Å². The minimum absolute atomic E-state index is 0.0823. The number of nitrogens with two attached hydrogens (primary N) is 1. The van der Waals surface area contributed by atoms with Gasteiger partial charge in [-0.25, -0.2) is 12.8 Å². The van der Waals surface area contributed by atoms with Gasteiger partial charge < -0.3 is 10.5 Å². The van der Waals surface area contributed by atoms with Crippen LogP contribution in [-0.4, -0.2) is 15.5 Å². The van der Waals surface area contributed by atoms with Gasteiger partial charge in [-0.2, -0.15) is 0 Å². The number of sulfonamides is 1. The minimum atomic E-state index is -3.83. The molecule has 0 amide bonds. The molecule has 0 atom stereocenters. The van der Waals surface area contributed by atoms with Crippen molar-refractivity contribution >= 4 is 15.7 Å². The number of rotatable bonds is 5. The number of anilines is 1. The van der Waals surface area contributed by atoms with Gasteiger partial charge in [0.2, 0.25) is 0 Å². The number of halogens is 1. The monoisotopic (exact) mass is 310 g/mol. The summed E-state index contributed by atoms with van der Waals surface area (Å²) in [7, 11) is -2.50. The summed E-state index contributed by atoms with van der Waals surface area (Å²) in [6.45, 7) is 0.0949. The molecule has 0 saturated carbocycles. The zero-order chi connectivity index (χ0) is 15.5. The van der Waals surface area contributed by atoms with Crippen molar-refractivity contribution in [1.29, 1.82) is 0 Å². The molecule has 0 aliphatic heterocycles. The maximum atomic E-state index is 13.1. The predicted octanol–water partition coefficient (Wildman–Crippen LogP) is 2.09. The second-order valence-corrected chi connectivity index (χ2v) is 5.91. The molecule has 0 aliphatic carbocycles. The van der Waals surface area contributed by atoms with Crippen LogP contribution in [0.5, 0.6) is 5.75 Å². The van der Waals surface area contributed by atoms with E-state index in [2.05, 4.69) is 4.72 Å². The minimum Gasteiger partial charge on any atom is -0.494 e. The Morgan fingerprint density at radius 1 is 1.24 bits per heavy atom. The Morgan fingerprint density at radius 3 is 2.62 bits per heavy atom. The molecule has 2 aromatic carbocycles. The summed E-state index contributed by atoms with van der Waals surface area (Å²) in [5.74, 6) is -0.416. The van der Waals surface area contributed by atoms with Crippen molar-refractivity contribution in [2.75, 3.05) is 11.8 Å². The summed E-state index contributed by atoms with van der Waals surface area (Å²) in [4.78, 5) is 0.0823. The Balaban J connectivity index is 2.42. The molecule has 112 valence electrons. The van der Waals surface area contributed by atoms with Gasteiger partial charge in [0, 0.05) is 12.6 Å². The van der Waals surface area contributed by atoms with Crippen molar-refractivity contribution in [3.05, 3.63) is 53.8 Å². The molecular formula is C14H15FN2O3S. The van der Waals surface area contributed by atoms with E-state index in [1.165, 1.54) is 19.2 Å². The van der Waals surface area contributed by atoms with Crippen LogP contribution in [0.4, 0.5) is 10.1 Å². The molecule has 0 bridgehead atoms. The van der Waals surface area contributed by atoms with Gasteiger partial charge in [0.05, 0.1) is 17.7 Å². The number of hydrogen-bond acceptors (Lipinski definition) is 4. The fourth-order valence-corrected chi connectivity index (χ4v) is 3.21. The van der Waals surface area contributed by atoms with E-state index in [1.54, 1.807) is 18.2 Å². The van der Waals surface area contributed by atoms with Gasteiger partial charge in [-0.3, -0.25) is 4.72 Å². The van der Waals surface area contributed by atoms with Gasteiger partial charge in [0.25, 0.3) is 10.0 Å². The van der Waals surface area contributed by atoms with E-state index in [0.717, 1.165) is 12.1 Å². The molecule has 2 aromatic rings. The van der Waals surface area contributed by atoms with Gasteiger partial charge in [-0.15, -0.1) is 0 Å². The first kappa shape index (κ1) is 15.3. The summed E-state index contributed by atoms with van der Waals surface area (Å²) >= 11 is 0. The molecule has 0 spiro atoms. The molecule has 2 rings (SSSR count). The SMILES string of the molecule is COc1cc(F)ccc1NS(=O)(=O)c1ccccc1CN. The van der Waals surface area contributed by atoms with Crippen LogP contribution in [0.2, 0.25) is 0 Å². The largest absolute Gasteiger partial charge is 0.494 e. The molecule has 0 heterocycles. The zero-order valence-corrected chi connectivity index (χ0v) is 12.2. The van der Waals surface area contributed by atoms with Crippen molar-refractivity contribution in [1.82, 2.24) is 0 Å². The van der Waals surface area contributed by atoms with E-state index in [0.29, 0.717) is 5.56 Å². The van der Waals surface area contributed by atoms with Crippen LogP contribution in [0.3, 0.4) is 0 Å². The molecule has 0 fully saturated rings. The van der Waals surface area contributed by atoms with E-state index < -0.39 is 15.8 Å². The Bertz CT molecular complexity index is 748. The Kier molecular flexibility index (Phi) is 4.44. The summed E-state index contributed by atoms with van der Waals surface area (Å²) in [6.07, 6.45) is 0. The predicted molar refractivity (Wildman–Crippen MR) is 78.1 cm³/mol. The average Bonchev–Trinajstić information content (AvgIpc) is 2.48. The van der Waals surface area contributed by atoms with Gasteiger partial charge in [0.1, 0.15) is 11.6 Å². The van der Waals surface area contributed by atoms with E-state index in [9.17, 15) is 12.8 Å². The van der Waals surface area contributed by atoms with Crippen molar-refractivity contribution in [2.45, 2.75) is 11.4 Å². The van der Waals surface area contributed by atoms with Crippen molar-refractivity contribution < 1.29 is 17.5 Å². The maximum absolute atomic E-state index is 13.1. The highest BCUT2D eigenvalue weighted by Crippen LogP contribution is 2.28. The molecule has 21 heavy (non-hydrogen) atoms. The summed E-state index contributed by atoms with van der Waals surface area (Å²) in [5, 5.41) is 0. The Hall–Kier alpha value is -2.12. The molecule has 0 unspecified atom stereocenters. The molecule has 7 heteroatoms. The topological polar surface area (TPSA) is 81.4 Å². The first-order chi connectivity index (χ1) is 9.97. The van der Waals surface area contributed by atoms with Crippen LogP contribution in [0, 0.1) is 5.82 Å². The highest BCUT2D eigenvalue weighted by Gasteiger charge is 2.19. The van der Waals surface area contributed by atoms with Crippen LogP contribution in [0.1, 0.15) is 5.56 Å². The number of methoxy groups -OCH3 is 1. The Labute approximate surface area is 122 Å². The standard InChI is InChI=1S/C14H15FN2O3S/c1-20-13-8-11(15)6-7-12(13)17-21(18,19)14-5-3-2-4-10(14)9-16/h2-8,17H,9,16H2,1H3. The second-order valence-electron chi connectivity index (χ2n) is 4.26. The summed E-state index contributed by atoms with van der Waals surface area (Å²) < 4.78 is 45.3. The fourth-order valence-electron chi connectivity index (χ4n) is 1.88. The quantitative estimate of drug-likeness (QED) is 0.886. The van der Waals surface area contributed by atoms with Gasteiger partial charge in [-0.05, 0) is 23.8 Å². The van der Waals surface area contributed by atoms with Crippen LogP contribution >= 0.6 is 0 Å². The molecule has 0 aromatic heterocycles. The lowest BCUT2D eigenvalue weighted by atomic mass is 10.2. The molecule has 0 radical (unpaired) electrons. The van der Waals surface area contributed by atoms with Crippen molar-refractivity contribution in [3.8, 4) is 5.75 Å². The third kappa shape index (κ3) is 3.32. The normalized spacial score (nSPS) is 11.2. The average molecular weight is 310 g/mol.